The molecule has 0 saturated heterocycles. The Labute approximate surface area is 168 Å². The molecule has 0 radical (unpaired) electrons. The number of alkyl halides is 2. The van der Waals surface area contributed by atoms with Gasteiger partial charge in [-0.25, -0.2) is 13.2 Å². The lowest BCUT2D eigenvalue weighted by atomic mass is 10.1. The van der Waals surface area contributed by atoms with Crippen LogP contribution in [-0.4, -0.2) is 25.3 Å². The van der Waals surface area contributed by atoms with Crippen molar-refractivity contribution in [3.05, 3.63) is 59.2 Å². The van der Waals surface area contributed by atoms with Gasteiger partial charge in [0.05, 0.1) is 17.1 Å². The van der Waals surface area contributed by atoms with Crippen molar-refractivity contribution in [2.24, 2.45) is 5.92 Å². The molecule has 1 unspecified atom stereocenters. The first-order chi connectivity index (χ1) is 12.6. The van der Waals surface area contributed by atoms with E-state index in [4.69, 9.17) is 27.9 Å². The van der Waals surface area contributed by atoms with Crippen LogP contribution in [0.1, 0.15) is 27.9 Å². The molecule has 3 rings (SSSR count). The van der Waals surface area contributed by atoms with E-state index in [0.717, 1.165) is 5.56 Å². The lowest BCUT2D eigenvalue weighted by Gasteiger charge is -2.12. The maximum Gasteiger partial charge on any atom is 0.338 e. The Morgan fingerprint density at radius 3 is 2.41 bits per heavy atom. The quantitative estimate of drug-likeness (QED) is 0.545. The Morgan fingerprint density at radius 1 is 1.19 bits per heavy atom. The number of halogens is 2. The van der Waals surface area contributed by atoms with E-state index in [0.29, 0.717) is 17.7 Å². The number of aryl methyl sites for hydroxylation is 2. The van der Waals surface area contributed by atoms with Crippen LogP contribution >= 0.6 is 23.2 Å². The lowest BCUT2D eigenvalue weighted by molar-refractivity contribution is 0.0485. The smallest absolute Gasteiger partial charge is 0.338 e. The Balaban J connectivity index is 1.77. The second-order valence-electron chi connectivity index (χ2n) is 6.71. The fourth-order valence-corrected chi connectivity index (χ4v) is 4.39. The summed E-state index contributed by atoms with van der Waals surface area (Å²) in [6.07, 6.45) is 0.567. The number of sulfonamides is 1. The molecule has 1 saturated carbocycles. The fraction of sp³-hybridized carbons (Fsp3) is 0.316. The van der Waals surface area contributed by atoms with E-state index in [-0.39, 0.29) is 23.0 Å². The van der Waals surface area contributed by atoms with Gasteiger partial charge >= 0.3 is 5.97 Å². The summed E-state index contributed by atoms with van der Waals surface area (Å²) in [7, 11) is -3.85. The van der Waals surface area contributed by atoms with Crippen LogP contribution in [0.3, 0.4) is 0 Å². The first kappa shape index (κ1) is 20.0. The summed E-state index contributed by atoms with van der Waals surface area (Å²) in [4.78, 5) is 12.3. The molecule has 2 aromatic carbocycles. The van der Waals surface area contributed by atoms with Crippen LogP contribution in [0.4, 0.5) is 5.69 Å². The number of hydrogen-bond donors (Lipinski definition) is 1. The Morgan fingerprint density at radius 2 is 1.81 bits per heavy atom. The van der Waals surface area contributed by atoms with Crippen molar-refractivity contribution in [3.8, 4) is 0 Å². The number of esters is 1. The second-order valence-corrected chi connectivity index (χ2v) is 9.91. The van der Waals surface area contributed by atoms with Crippen LogP contribution < -0.4 is 4.72 Å². The molecule has 0 amide bonds. The number of carbonyl (C=O) groups excluding carboxylic acids is 1. The monoisotopic (exact) mass is 427 g/mol. The highest BCUT2D eigenvalue weighted by atomic mass is 35.5. The van der Waals surface area contributed by atoms with Gasteiger partial charge in [0.25, 0.3) is 10.0 Å². The molecule has 0 bridgehead atoms. The minimum Gasteiger partial charge on any atom is -0.462 e. The Kier molecular flexibility index (Phi) is 5.43. The SMILES string of the molecule is Cc1ccc(NS(=O)(=O)c2cc(C(=O)OCC3CC3(Cl)Cl)ccc2C)cc1. The van der Waals surface area contributed by atoms with E-state index in [2.05, 4.69) is 4.72 Å². The Bertz CT molecular complexity index is 972. The van der Waals surface area contributed by atoms with Gasteiger partial charge in [-0.2, -0.15) is 0 Å². The van der Waals surface area contributed by atoms with Crippen molar-refractivity contribution < 1.29 is 17.9 Å². The number of anilines is 1. The zero-order valence-corrected chi connectivity index (χ0v) is 17.2. The van der Waals surface area contributed by atoms with Gasteiger partial charge < -0.3 is 4.74 Å². The van der Waals surface area contributed by atoms with Crippen molar-refractivity contribution >= 4 is 44.9 Å². The van der Waals surface area contributed by atoms with Crippen LogP contribution in [-0.2, 0) is 14.8 Å². The molecule has 27 heavy (non-hydrogen) atoms. The summed E-state index contributed by atoms with van der Waals surface area (Å²) in [6, 6.07) is 11.4. The molecular weight excluding hydrogens is 409 g/mol. The zero-order chi connectivity index (χ0) is 19.8. The molecule has 8 heteroatoms. The Hall–Kier alpha value is -1.76. The predicted octanol–water partition coefficient (Wildman–Crippen LogP) is 4.45. The molecule has 0 spiro atoms. The van der Waals surface area contributed by atoms with Crippen LogP contribution in [0.25, 0.3) is 0 Å². The summed E-state index contributed by atoms with van der Waals surface area (Å²) in [6.45, 7) is 3.68. The predicted molar refractivity (Wildman–Crippen MR) is 106 cm³/mol. The van der Waals surface area contributed by atoms with Crippen molar-refractivity contribution in [2.45, 2.75) is 29.5 Å². The van der Waals surface area contributed by atoms with Crippen LogP contribution in [0.15, 0.2) is 47.4 Å². The highest BCUT2D eigenvalue weighted by molar-refractivity contribution is 7.92. The van der Waals surface area contributed by atoms with Gasteiger partial charge in [-0.3, -0.25) is 4.72 Å². The molecule has 1 fully saturated rings. The molecule has 5 nitrogen and oxygen atoms in total. The normalized spacial score (nSPS) is 18.0. The van der Waals surface area contributed by atoms with Gasteiger partial charge in [0, 0.05) is 11.6 Å². The summed E-state index contributed by atoms with van der Waals surface area (Å²) in [5.74, 6) is -0.709. The molecule has 1 aliphatic carbocycles. The number of ether oxygens (including phenoxy) is 1. The summed E-state index contributed by atoms with van der Waals surface area (Å²) in [5, 5.41) is 0. The molecule has 2 aromatic rings. The average molecular weight is 428 g/mol. The number of hydrogen-bond acceptors (Lipinski definition) is 4. The standard InChI is InChI=1S/C19H19Cl2NO4S/c1-12-3-7-16(8-4-12)22-27(24,25)17-9-14(6-5-13(17)2)18(23)26-11-15-10-19(15,20)21/h3-9,15,22H,10-11H2,1-2H3. The van der Waals surface area contributed by atoms with E-state index in [9.17, 15) is 13.2 Å². The molecule has 1 aliphatic rings. The molecule has 0 aliphatic heterocycles. The molecule has 0 aromatic heterocycles. The maximum atomic E-state index is 12.7. The topological polar surface area (TPSA) is 72.5 Å². The van der Waals surface area contributed by atoms with Gasteiger partial charge in [-0.05, 0) is 50.1 Å². The largest absolute Gasteiger partial charge is 0.462 e. The van der Waals surface area contributed by atoms with Gasteiger partial charge in [0.2, 0.25) is 0 Å². The van der Waals surface area contributed by atoms with Crippen molar-refractivity contribution in [1.82, 2.24) is 0 Å². The van der Waals surface area contributed by atoms with E-state index in [1.807, 2.05) is 19.1 Å². The highest BCUT2D eigenvalue weighted by Crippen LogP contribution is 2.53. The van der Waals surface area contributed by atoms with E-state index < -0.39 is 20.3 Å². The first-order valence-electron chi connectivity index (χ1n) is 8.33. The van der Waals surface area contributed by atoms with Gasteiger partial charge in [0.1, 0.15) is 4.33 Å². The number of benzene rings is 2. The number of nitrogens with one attached hydrogen (secondary N) is 1. The van der Waals surface area contributed by atoms with Gasteiger partial charge in [-0.15, -0.1) is 23.2 Å². The third-order valence-electron chi connectivity index (χ3n) is 4.39. The third kappa shape index (κ3) is 4.75. The molecular formula is C19H19Cl2NO4S. The average Bonchev–Trinajstić information content (AvgIpc) is 3.21. The molecule has 0 heterocycles. The minimum atomic E-state index is -3.85. The third-order valence-corrected chi connectivity index (χ3v) is 6.84. The van der Waals surface area contributed by atoms with Crippen LogP contribution in [0.5, 0.6) is 0 Å². The van der Waals surface area contributed by atoms with Crippen LogP contribution in [0, 0.1) is 19.8 Å². The summed E-state index contributed by atoms with van der Waals surface area (Å²) >= 11 is 11.8. The second kappa shape index (κ2) is 7.34. The summed E-state index contributed by atoms with van der Waals surface area (Å²) in [5.41, 5.74) is 2.14. The lowest BCUT2D eigenvalue weighted by Crippen LogP contribution is -2.16. The number of carbonyl (C=O) groups is 1. The molecule has 144 valence electrons. The van der Waals surface area contributed by atoms with E-state index in [1.165, 1.54) is 12.1 Å². The first-order valence-corrected chi connectivity index (χ1v) is 10.6. The highest BCUT2D eigenvalue weighted by Gasteiger charge is 2.52. The van der Waals surface area contributed by atoms with E-state index >= 15 is 0 Å². The number of rotatable bonds is 6. The van der Waals surface area contributed by atoms with Gasteiger partial charge in [-0.1, -0.05) is 23.8 Å². The minimum absolute atomic E-state index is 0.0213. The van der Waals surface area contributed by atoms with Crippen molar-refractivity contribution in [1.29, 1.82) is 0 Å². The maximum absolute atomic E-state index is 12.7. The van der Waals surface area contributed by atoms with Crippen molar-refractivity contribution in [2.75, 3.05) is 11.3 Å². The fourth-order valence-electron chi connectivity index (χ4n) is 2.56. The zero-order valence-electron chi connectivity index (χ0n) is 14.8. The molecule has 1 N–H and O–H groups in total. The molecule has 1 atom stereocenters. The van der Waals surface area contributed by atoms with Gasteiger partial charge in [0.15, 0.2) is 0 Å². The van der Waals surface area contributed by atoms with E-state index in [1.54, 1.807) is 25.1 Å². The van der Waals surface area contributed by atoms with Crippen LogP contribution in [0.2, 0.25) is 0 Å². The summed E-state index contributed by atoms with van der Waals surface area (Å²) < 4.78 is 32.4. The van der Waals surface area contributed by atoms with Crippen molar-refractivity contribution in [3.63, 3.8) is 0 Å².